The minimum Gasteiger partial charge on any atom is -0.261 e. The molecule has 2 aromatic carbocycles. The van der Waals surface area contributed by atoms with Crippen LogP contribution in [0.2, 0.25) is 5.02 Å². The molecule has 0 unspecified atom stereocenters. The summed E-state index contributed by atoms with van der Waals surface area (Å²) in [7, 11) is 0. The van der Waals surface area contributed by atoms with Crippen LogP contribution in [0, 0.1) is 12.7 Å². The highest BCUT2D eigenvalue weighted by atomic mass is 35.5. The molecule has 1 aromatic heterocycles. The summed E-state index contributed by atoms with van der Waals surface area (Å²) < 4.78 is 12.9. The van der Waals surface area contributed by atoms with E-state index in [1.54, 1.807) is 18.3 Å². The number of aryl methyl sites for hydroxylation is 1. The second kappa shape index (κ2) is 8.87. The third-order valence-electron chi connectivity index (χ3n) is 3.57. The highest BCUT2D eigenvalue weighted by Crippen LogP contribution is 2.21. The molecule has 0 spiro atoms. The topological polar surface area (TPSA) is 51.0 Å². The maximum Gasteiger partial charge on any atom is 0.209 e. The minimum atomic E-state index is -0.276. The van der Waals surface area contributed by atoms with Gasteiger partial charge in [-0.2, -0.15) is 5.10 Å². The third kappa shape index (κ3) is 5.34. The van der Waals surface area contributed by atoms with Crippen molar-refractivity contribution >= 4 is 35.3 Å². The van der Waals surface area contributed by atoms with Crippen LogP contribution < -0.4 is 0 Å². The van der Waals surface area contributed by atoms with Crippen molar-refractivity contribution in [3.05, 3.63) is 76.3 Å². The Hall–Kier alpha value is -2.31. The minimum absolute atomic E-state index is 0.276. The van der Waals surface area contributed by atoms with Gasteiger partial charge in [-0.05, 0) is 48.9 Å². The fourth-order valence-electron chi connectivity index (χ4n) is 2.14. The van der Waals surface area contributed by atoms with E-state index in [1.165, 1.54) is 23.9 Å². The first-order chi connectivity index (χ1) is 12.6. The Kier molecular flexibility index (Phi) is 6.30. The van der Waals surface area contributed by atoms with Crippen molar-refractivity contribution < 1.29 is 4.39 Å². The molecule has 132 valence electrons. The summed E-state index contributed by atoms with van der Waals surface area (Å²) in [6, 6.07) is 13.7. The largest absolute Gasteiger partial charge is 0.261 e. The van der Waals surface area contributed by atoms with Gasteiger partial charge in [0.05, 0.1) is 17.1 Å². The average molecular weight is 387 g/mol. The molecule has 3 aromatic rings. The highest BCUT2D eigenvalue weighted by Gasteiger charge is 2.06. The van der Waals surface area contributed by atoms with Crippen molar-refractivity contribution in [2.24, 2.45) is 4.99 Å². The smallest absolute Gasteiger partial charge is 0.209 e. The first-order valence-corrected chi connectivity index (χ1v) is 9.32. The Morgan fingerprint density at radius 2 is 1.81 bits per heavy atom. The third-order valence-corrected chi connectivity index (χ3v) is 4.73. The molecule has 1 heterocycles. The summed E-state index contributed by atoms with van der Waals surface area (Å²) in [6.07, 6.45) is 2.28. The molecule has 3 rings (SSSR count). The lowest BCUT2D eigenvalue weighted by molar-refractivity contribution is 0.628. The van der Waals surface area contributed by atoms with Crippen LogP contribution in [-0.2, 0) is 12.2 Å². The van der Waals surface area contributed by atoms with Gasteiger partial charge in [0.25, 0.3) is 0 Å². The van der Waals surface area contributed by atoms with Gasteiger partial charge in [0, 0.05) is 23.4 Å². The zero-order valence-electron chi connectivity index (χ0n) is 14.1. The Morgan fingerprint density at radius 1 is 1.08 bits per heavy atom. The van der Waals surface area contributed by atoms with E-state index in [9.17, 15) is 4.39 Å². The first kappa shape index (κ1) is 18.5. The summed E-state index contributed by atoms with van der Waals surface area (Å²) in [5, 5.41) is 9.65. The molecule has 0 N–H and O–H groups in total. The molecule has 0 aliphatic heterocycles. The van der Waals surface area contributed by atoms with E-state index in [0.717, 1.165) is 27.7 Å². The van der Waals surface area contributed by atoms with Crippen molar-refractivity contribution in [1.82, 2.24) is 15.2 Å². The van der Waals surface area contributed by atoms with Crippen LogP contribution in [0.25, 0.3) is 0 Å². The fraction of sp³-hybridized carbons (Fsp3) is 0.158. The molecule has 0 saturated carbocycles. The van der Waals surface area contributed by atoms with Crippen molar-refractivity contribution in [2.45, 2.75) is 24.3 Å². The summed E-state index contributed by atoms with van der Waals surface area (Å²) in [5.41, 5.74) is 3.43. The average Bonchev–Trinajstić information content (AvgIpc) is 2.65. The standard InChI is InChI=1S/C19H16ClFN4S/c1-13-18(10-11-22-17-8-6-16(21)7-9-17)23-19(25-24-13)26-12-14-2-4-15(20)5-3-14/h2-9,11H,10,12H2,1H3. The van der Waals surface area contributed by atoms with Crippen LogP contribution in [0.5, 0.6) is 0 Å². The zero-order chi connectivity index (χ0) is 18.4. The van der Waals surface area contributed by atoms with Crippen molar-refractivity contribution in [1.29, 1.82) is 0 Å². The predicted molar refractivity (Wildman–Crippen MR) is 104 cm³/mol. The Bertz CT molecular complexity index is 898. The molecule has 0 atom stereocenters. The lowest BCUT2D eigenvalue weighted by Crippen LogP contribution is -2.03. The van der Waals surface area contributed by atoms with Gasteiger partial charge in [-0.1, -0.05) is 35.5 Å². The van der Waals surface area contributed by atoms with Gasteiger partial charge >= 0.3 is 0 Å². The molecule has 0 saturated heterocycles. The fourth-order valence-corrected chi connectivity index (χ4v) is 3.03. The number of aliphatic imine (C=N–C) groups is 1. The lowest BCUT2D eigenvalue weighted by Gasteiger charge is -2.04. The van der Waals surface area contributed by atoms with Crippen LogP contribution in [-0.4, -0.2) is 21.4 Å². The van der Waals surface area contributed by atoms with Crippen molar-refractivity contribution in [3.8, 4) is 0 Å². The normalized spacial score (nSPS) is 11.2. The van der Waals surface area contributed by atoms with E-state index in [4.69, 9.17) is 11.6 Å². The molecule has 0 aliphatic carbocycles. The van der Waals surface area contributed by atoms with Gasteiger partial charge in [0.15, 0.2) is 0 Å². The number of rotatable bonds is 6. The van der Waals surface area contributed by atoms with Gasteiger partial charge < -0.3 is 0 Å². The van der Waals surface area contributed by atoms with E-state index in [2.05, 4.69) is 20.2 Å². The van der Waals surface area contributed by atoms with Crippen LogP contribution in [0.15, 0.2) is 58.7 Å². The molecule has 0 radical (unpaired) electrons. The van der Waals surface area contributed by atoms with Gasteiger partial charge in [-0.3, -0.25) is 4.99 Å². The predicted octanol–water partition coefficient (Wildman–Crippen LogP) is 5.21. The first-order valence-electron chi connectivity index (χ1n) is 7.96. The maximum atomic E-state index is 12.9. The summed E-state index contributed by atoms with van der Waals surface area (Å²) in [4.78, 5) is 8.88. The van der Waals surface area contributed by atoms with Crippen molar-refractivity contribution in [2.75, 3.05) is 0 Å². The van der Waals surface area contributed by atoms with Crippen LogP contribution >= 0.6 is 23.4 Å². The highest BCUT2D eigenvalue weighted by molar-refractivity contribution is 7.98. The quantitative estimate of drug-likeness (QED) is 0.431. The molecular weight excluding hydrogens is 371 g/mol. The van der Waals surface area contributed by atoms with Gasteiger partial charge in [-0.25, -0.2) is 9.37 Å². The number of hydrogen-bond donors (Lipinski definition) is 0. The maximum absolute atomic E-state index is 12.9. The Morgan fingerprint density at radius 3 is 2.54 bits per heavy atom. The Balaban J connectivity index is 1.63. The van der Waals surface area contributed by atoms with Gasteiger partial charge in [0.1, 0.15) is 5.82 Å². The Labute approximate surface area is 160 Å². The second-order valence-electron chi connectivity index (χ2n) is 5.53. The number of halogens is 2. The molecule has 4 nitrogen and oxygen atoms in total. The number of nitrogens with zero attached hydrogens (tertiary/aromatic N) is 4. The monoisotopic (exact) mass is 386 g/mol. The molecule has 7 heteroatoms. The number of aromatic nitrogens is 3. The zero-order valence-corrected chi connectivity index (χ0v) is 15.6. The number of benzene rings is 2. The van der Waals surface area contributed by atoms with Crippen molar-refractivity contribution in [3.63, 3.8) is 0 Å². The summed E-state index contributed by atoms with van der Waals surface area (Å²) >= 11 is 7.41. The van der Waals surface area contributed by atoms with E-state index in [-0.39, 0.29) is 5.82 Å². The van der Waals surface area contributed by atoms with Crippen LogP contribution in [0.1, 0.15) is 17.0 Å². The second-order valence-corrected chi connectivity index (χ2v) is 6.91. The van der Waals surface area contributed by atoms with Gasteiger partial charge in [-0.15, -0.1) is 5.10 Å². The van der Waals surface area contributed by atoms with E-state index >= 15 is 0 Å². The van der Waals surface area contributed by atoms with Crippen LogP contribution in [0.4, 0.5) is 10.1 Å². The SMILES string of the molecule is Cc1nnc(SCc2ccc(Cl)cc2)nc1CC=Nc1ccc(F)cc1. The van der Waals surface area contributed by atoms with E-state index in [0.29, 0.717) is 17.3 Å². The summed E-state index contributed by atoms with van der Waals surface area (Å²) in [5.74, 6) is 0.465. The summed E-state index contributed by atoms with van der Waals surface area (Å²) in [6.45, 7) is 1.87. The lowest BCUT2D eigenvalue weighted by atomic mass is 10.2. The van der Waals surface area contributed by atoms with E-state index < -0.39 is 0 Å². The van der Waals surface area contributed by atoms with Gasteiger partial charge in [0.2, 0.25) is 5.16 Å². The molecular formula is C19H16ClFN4S. The molecule has 0 aliphatic rings. The molecule has 26 heavy (non-hydrogen) atoms. The van der Waals surface area contributed by atoms with E-state index in [1.807, 2.05) is 31.2 Å². The number of hydrogen-bond acceptors (Lipinski definition) is 5. The molecule has 0 fully saturated rings. The molecule has 0 amide bonds. The van der Waals surface area contributed by atoms with Crippen LogP contribution in [0.3, 0.4) is 0 Å². The number of thioether (sulfide) groups is 1. The molecule has 0 bridgehead atoms.